The van der Waals surface area contributed by atoms with Crippen LogP contribution in [0.5, 0.6) is 11.5 Å². The van der Waals surface area contributed by atoms with Gasteiger partial charge in [-0.3, -0.25) is 0 Å². The second-order valence-corrected chi connectivity index (χ2v) is 6.54. The molecule has 23 heavy (non-hydrogen) atoms. The molecule has 0 amide bonds. The van der Waals surface area contributed by atoms with Crippen LogP contribution in [0, 0.1) is 0 Å². The summed E-state index contributed by atoms with van der Waals surface area (Å²) in [5, 5.41) is 0.238. The normalized spacial score (nSPS) is 25.2. The van der Waals surface area contributed by atoms with E-state index in [1.165, 1.54) is 0 Å². The minimum Gasteiger partial charge on any atom is -0.497 e. The number of rotatable bonds is 3. The zero-order valence-corrected chi connectivity index (χ0v) is 14.7. The molecule has 1 N–H and O–H groups in total. The number of hydrogen-bond donors (Lipinski definition) is 2. The van der Waals surface area contributed by atoms with Crippen LogP contribution in [0.3, 0.4) is 0 Å². The number of carbonyl (C=O) groups excluding carboxylic acids is 1. The molecule has 8 heteroatoms. The van der Waals surface area contributed by atoms with Gasteiger partial charge >= 0.3 is 5.97 Å². The van der Waals surface area contributed by atoms with E-state index in [9.17, 15) is 4.79 Å². The van der Waals surface area contributed by atoms with Gasteiger partial charge in [-0.15, -0.1) is 0 Å². The number of ether oxygens (including phenoxy) is 3. The highest BCUT2D eigenvalue weighted by atomic mass is 32.1. The Bertz CT molecular complexity index is 730. The molecule has 0 fully saturated rings. The number of fused-ring (bicyclic) bond motifs is 3. The monoisotopic (exact) mass is 353 g/mol. The number of quaternary nitrogens is 1. The highest BCUT2D eigenvalue weighted by Crippen LogP contribution is 2.48. The first kappa shape index (κ1) is 16.1. The predicted molar refractivity (Wildman–Crippen MR) is 90.9 cm³/mol. The van der Waals surface area contributed by atoms with Crippen molar-refractivity contribution < 1.29 is 23.0 Å². The molecule has 0 radical (unpaired) electrons. The number of methoxy groups -OCH3 is 1. The van der Waals surface area contributed by atoms with Gasteiger partial charge in [-0.05, 0) is 31.3 Å². The van der Waals surface area contributed by atoms with E-state index in [4.69, 9.17) is 26.4 Å². The lowest BCUT2D eigenvalue weighted by molar-refractivity contribution is -0.832. The fourth-order valence-corrected chi connectivity index (χ4v) is 3.49. The summed E-state index contributed by atoms with van der Waals surface area (Å²) in [6, 6.07) is 5.22. The van der Waals surface area contributed by atoms with Crippen molar-refractivity contribution in [1.29, 1.82) is 0 Å². The van der Waals surface area contributed by atoms with Gasteiger partial charge in [0, 0.05) is 6.07 Å². The highest BCUT2D eigenvalue weighted by molar-refractivity contribution is 7.80. The topological polar surface area (TPSA) is 56.8 Å². The van der Waals surface area contributed by atoms with Crippen molar-refractivity contribution >= 4 is 36.1 Å². The average molecular weight is 353 g/mol. The van der Waals surface area contributed by atoms with Gasteiger partial charge in [-0.2, -0.15) is 4.00 Å². The lowest BCUT2D eigenvalue weighted by Gasteiger charge is -2.32. The van der Waals surface area contributed by atoms with E-state index in [1.54, 1.807) is 20.1 Å². The Morgan fingerprint density at radius 1 is 1.52 bits per heavy atom. The maximum Gasteiger partial charge on any atom is 0.360 e. The summed E-state index contributed by atoms with van der Waals surface area (Å²) in [4.78, 5) is 12.2. The minimum atomic E-state index is -0.466. The Balaban J connectivity index is 2.14. The quantitative estimate of drug-likeness (QED) is 0.376. The van der Waals surface area contributed by atoms with Crippen molar-refractivity contribution in [1.82, 2.24) is 5.43 Å². The van der Waals surface area contributed by atoms with Gasteiger partial charge in [-0.1, -0.05) is 0 Å². The van der Waals surface area contributed by atoms with E-state index < -0.39 is 5.97 Å². The van der Waals surface area contributed by atoms with Gasteiger partial charge in [0.15, 0.2) is 11.7 Å². The van der Waals surface area contributed by atoms with Crippen LogP contribution in [0.1, 0.15) is 18.5 Å². The van der Waals surface area contributed by atoms with Gasteiger partial charge in [-0.25, -0.2) is 10.2 Å². The minimum absolute atomic E-state index is 0.0479. The van der Waals surface area contributed by atoms with Crippen molar-refractivity contribution in [3.8, 4) is 11.5 Å². The molecule has 122 valence electrons. The van der Waals surface area contributed by atoms with E-state index in [0.29, 0.717) is 22.8 Å². The van der Waals surface area contributed by atoms with Gasteiger partial charge in [0.2, 0.25) is 5.05 Å². The van der Waals surface area contributed by atoms with Crippen molar-refractivity contribution in [3.05, 3.63) is 35.0 Å². The van der Waals surface area contributed by atoms with Crippen molar-refractivity contribution in [2.24, 2.45) is 0 Å². The molecule has 0 aliphatic carbocycles. The molecule has 2 atom stereocenters. The SMILES string of the molecule is CCOC(=O)C1=C2C(=S)Oc3cc(OC)ccc3C2[N+](C)(S)N1. The third-order valence-electron chi connectivity index (χ3n) is 3.80. The molecule has 1 aromatic carbocycles. The second kappa shape index (κ2) is 5.70. The molecule has 0 saturated carbocycles. The molecule has 2 aliphatic heterocycles. The molecule has 3 rings (SSSR count). The van der Waals surface area contributed by atoms with Gasteiger partial charge < -0.3 is 14.2 Å². The third kappa shape index (κ3) is 2.56. The first-order chi connectivity index (χ1) is 10.9. The maximum absolute atomic E-state index is 12.2. The third-order valence-corrected chi connectivity index (χ3v) is 4.44. The maximum atomic E-state index is 12.2. The predicted octanol–water partition coefficient (Wildman–Crippen LogP) is 2.08. The lowest BCUT2D eigenvalue weighted by Crippen LogP contribution is -2.45. The van der Waals surface area contributed by atoms with E-state index in [-0.39, 0.29) is 21.7 Å². The Morgan fingerprint density at radius 2 is 2.26 bits per heavy atom. The Labute approximate surface area is 145 Å². The van der Waals surface area contributed by atoms with Gasteiger partial charge in [0.1, 0.15) is 24.1 Å². The summed E-state index contributed by atoms with van der Waals surface area (Å²) in [6.07, 6.45) is 0. The largest absolute Gasteiger partial charge is 0.497 e. The molecule has 2 aliphatic rings. The smallest absolute Gasteiger partial charge is 0.360 e. The summed E-state index contributed by atoms with van der Waals surface area (Å²) >= 11 is 10.0. The molecule has 0 saturated heterocycles. The average Bonchev–Trinajstić information content (AvgIpc) is 2.80. The highest BCUT2D eigenvalue weighted by Gasteiger charge is 2.52. The van der Waals surface area contributed by atoms with Crippen LogP contribution < -0.4 is 14.9 Å². The van der Waals surface area contributed by atoms with Crippen LogP contribution >= 0.6 is 25.0 Å². The van der Waals surface area contributed by atoms with Gasteiger partial charge in [0.05, 0.1) is 32.1 Å². The van der Waals surface area contributed by atoms with Crippen LogP contribution in [-0.4, -0.2) is 35.8 Å². The molecule has 2 heterocycles. The van der Waals surface area contributed by atoms with Gasteiger partial charge in [0.25, 0.3) is 0 Å². The molecular weight excluding hydrogens is 336 g/mol. The lowest BCUT2D eigenvalue weighted by atomic mass is 9.95. The van der Waals surface area contributed by atoms with Crippen LogP contribution in [0.15, 0.2) is 29.5 Å². The van der Waals surface area contributed by atoms with Crippen LogP contribution in [0.4, 0.5) is 0 Å². The zero-order valence-electron chi connectivity index (χ0n) is 13.0. The van der Waals surface area contributed by atoms with Crippen LogP contribution in [-0.2, 0) is 9.53 Å². The Kier molecular flexibility index (Phi) is 3.99. The first-order valence-electron chi connectivity index (χ1n) is 7.07. The molecular formula is C15H17N2O4S2+. The summed E-state index contributed by atoms with van der Waals surface area (Å²) in [5.41, 5.74) is 4.82. The molecule has 0 bridgehead atoms. The van der Waals surface area contributed by atoms with Crippen molar-refractivity contribution in [2.45, 2.75) is 13.0 Å². The number of thiocarbonyl (C=S) groups is 1. The van der Waals surface area contributed by atoms with Crippen molar-refractivity contribution in [2.75, 3.05) is 20.8 Å². The van der Waals surface area contributed by atoms with E-state index >= 15 is 0 Å². The van der Waals surface area contributed by atoms with Crippen molar-refractivity contribution in [3.63, 3.8) is 0 Å². The number of carbonyl (C=O) groups is 1. The standard InChI is InChI=1S/C15H16N2O4S2/c1-4-20-14(18)12-11-13(17(2,23)16-12)9-6-5-8(19-3)7-10(9)21-15(11)22/h5-7,13,23H,4H2,1-3H3/p+1. The Morgan fingerprint density at radius 3 is 2.91 bits per heavy atom. The first-order valence-corrected chi connectivity index (χ1v) is 7.88. The number of nitrogens with zero attached hydrogens (tertiary/aromatic N) is 1. The molecule has 1 aromatic rings. The number of benzene rings is 1. The van der Waals surface area contributed by atoms with E-state index in [1.807, 2.05) is 19.2 Å². The summed E-state index contributed by atoms with van der Waals surface area (Å²) in [7, 11) is 3.42. The summed E-state index contributed by atoms with van der Waals surface area (Å²) in [6.45, 7) is 2.03. The summed E-state index contributed by atoms with van der Waals surface area (Å²) in [5.74, 6) is 0.809. The fourth-order valence-electron chi connectivity index (χ4n) is 2.85. The van der Waals surface area contributed by atoms with Crippen LogP contribution in [0.25, 0.3) is 0 Å². The molecule has 0 spiro atoms. The molecule has 0 aromatic heterocycles. The number of hydrogen-bond acceptors (Lipinski definition) is 7. The number of likely N-dealkylation sites (N-methyl/N-ethyl adjacent to an activating group) is 1. The van der Waals surface area contributed by atoms with E-state index in [0.717, 1.165) is 5.56 Å². The van der Waals surface area contributed by atoms with E-state index in [2.05, 4.69) is 18.2 Å². The molecule has 2 unspecified atom stereocenters. The number of thiol groups is 1. The number of esters is 1. The molecule has 6 nitrogen and oxygen atoms in total. The summed E-state index contributed by atoms with van der Waals surface area (Å²) < 4.78 is 16.1. The number of nitrogens with one attached hydrogen (secondary N) is 1. The Hall–Kier alpha value is -1.77. The van der Waals surface area contributed by atoms with Crippen LogP contribution in [0.2, 0.25) is 0 Å². The fraction of sp³-hybridized carbons (Fsp3) is 0.333. The zero-order chi connectivity index (χ0) is 16.8. The second-order valence-electron chi connectivity index (χ2n) is 5.34.